The molecule has 4 rings (SSSR count). The number of carbonyl (C=O) groups is 4. The second-order valence-electron chi connectivity index (χ2n) is 8.58. The van der Waals surface area contributed by atoms with Gasteiger partial charge >= 0.3 is 17.9 Å². The van der Waals surface area contributed by atoms with Crippen LogP contribution in [0.15, 0.2) is 72.8 Å². The molecular formula is C29H24N2O8. The van der Waals surface area contributed by atoms with Gasteiger partial charge in [0.25, 0.3) is 5.91 Å². The Morgan fingerprint density at radius 3 is 2.28 bits per heavy atom. The minimum absolute atomic E-state index is 0.0540. The number of methoxy groups -OCH3 is 2. The van der Waals surface area contributed by atoms with E-state index in [1.54, 1.807) is 54.6 Å². The number of benzene rings is 3. The third-order valence-electron chi connectivity index (χ3n) is 6.06. The molecule has 0 saturated carbocycles. The number of esters is 2. The van der Waals surface area contributed by atoms with Crippen LogP contribution in [0.25, 0.3) is 22.0 Å². The summed E-state index contributed by atoms with van der Waals surface area (Å²) in [5.41, 5.74) is 2.18. The van der Waals surface area contributed by atoms with E-state index in [0.29, 0.717) is 22.3 Å². The van der Waals surface area contributed by atoms with Crippen LogP contribution in [-0.4, -0.2) is 59.3 Å². The number of aromatic nitrogens is 1. The summed E-state index contributed by atoms with van der Waals surface area (Å²) in [6.07, 6.45) is 0.0755. The molecule has 3 aromatic carbocycles. The van der Waals surface area contributed by atoms with Gasteiger partial charge in [-0.05, 0) is 59.2 Å². The van der Waals surface area contributed by atoms with Crippen molar-refractivity contribution >= 4 is 34.7 Å². The number of carbonyl (C=O) groups excluding carboxylic acids is 3. The molecule has 0 aliphatic heterocycles. The zero-order valence-electron chi connectivity index (χ0n) is 21.0. The zero-order chi connectivity index (χ0) is 28.1. The van der Waals surface area contributed by atoms with Crippen LogP contribution < -0.4 is 5.32 Å². The first-order chi connectivity index (χ1) is 18.7. The van der Waals surface area contributed by atoms with E-state index in [-0.39, 0.29) is 34.3 Å². The molecule has 10 heteroatoms. The van der Waals surface area contributed by atoms with Crippen molar-refractivity contribution in [3.63, 3.8) is 0 Å². The largest absolute Gasteiger partial charge is 0.508 e. The molecule has 0 radical (unpaired) electrons. The maximum absolute atomic E-state index is 13.1. The average Bonchev–Trinajstić information content (AvgIpc) is 2.96. The third-order valence-corrected chi connectivity index (χ3v) is 6.06. The number of aromatic hydroxyl groups is 1. The second-order valence-corrected chi connectivity index (χ2v) is 8.58. The zero-order valence-corrected chi connectivity index (χ0v) is 21.0. The van der Waals surface area contributed by atoms with Gasteiger partial charge in [-0.15, -0.1) is 0 Å². The lowest BCUT2D eigenvalue weighted by molar-refractivity contribution is -0.142. The van der Waals surface area contributed by atoms with Crippen molar-refractivity contribution in [2.75, 3.05) is 14.2 Å². The molecule has 0 bridgehead atoms. The number of pyridine rings is 1. The summed E-state index contributed by atoms with van der Waals surface area (Å²) in [6.45, 7) is 0. The van der Waals surface area contributed by atoms with E-state index >= 15 is 0 Å². The summed E-state index contributed by atoms with van der Waals surface area (Å²) >= 11 is 0. The van der Waals surface area contributed by atoms with Crippen LogP contribution in [0, 0.1) is 0 Å². The van der Waals surface area contributed by atoms with Gasteiger partial charge in [0.15, 0.2) is 0 Å². The first kappa shape index (κ1) is 26.8. The fraction of sp³-hybridized carbons (Fsp3) is 0.138. The van der Waals surface area contributed by atoms with Crippen molar-refractivity contribution in [3.8, 4) is 16.9 Å². The maximum Gasteiger partial charge on any atom is 0.337 e. The number of nitrogens with zero attached hydrogens (tertiary/aromatic N) is 1. The van der Waals surface area contributed by atoms with Crippen LogP contribution in [0.1, 0.15) is 36.8 Å². The highest BCUT2D eigenvalue weighted by Gasteiger charge is 2.25. The number of hydrogen-bond acceptors (Lipinski definition) is 8. The topological polar surface area (TPSA) is 152 Å². The molecule has 0 aliphatic rings. The molecule has 0 aliphatic carbocycles. The van der Waals surface area contributed by atoms with Gasteiger partial charge < -0.3 is 25.0 Å². The number of carboxylic acids is 1. The molecule has 1 heterocycles. The van der Waals surface area contributed by atoms with Crippen molar-refractivity contribution in [1.82, 2.24) is 10.3 Å². The van der Waals surface area contributed by atoms with Crippen molar-refractivity contribution < 1.29 is 38.9 Å². The Kier molecular flexibility index (Phi) is 7.85. The van der Waals surface area contributed by atoms with Crippen LogP contribution in [0.4, 0.5) is 0 Å². The molecular weight excluding hydrogens is 504 g/mol. The Labute approximate surface area is 222 Å². The van der Waals surface area contributed by atoms with Crippen LogP contribution in [-0.2, 0) is 20.7 Å². The van der Waals surface area contributed by atoms with E-state index in [1.165, 1.54) is 26.4 Å². The van der Waals surface area contributed by atoms with E-state index in [0.717, 1.165) is 6.07 Å². The molecule has 1 amide bonds. The highest BCUT2D eigenvalue weighted by molar-refractivity contribution is 6.07. The fourth-order valence-electron chi connectivity index (χ4n) is 4.08. The van der Waals surface area contributed by atoms with Gasteiger partial charge in [0.05, 0.1) is 30.9 Å². The summed E-state index contributed by atoms with van der Waals surface area (Å²) in [4.78, 5) is 53.9. The predicted molar refractivity (Wildman–Crippen MR) is 141 cm³/mol. The van der Waals surface area contributed by atoms with Crippen LogP contribution >= 0.6 is 0 Å². The summed E-state index contributed by atoms with van der Waals surface area (Å²) in [5, 5.41) is 22.2. The van der Waals surface area contributed by atoms with E-state index in [4.69, 9.17) is 9.47 Å². The second kappa shape index (κ2) is 11.4. The lowest BCUT2D eigenvalue weighted by atomic mass is 9.98. The van der Waals surface area contributed by atoms with Gasteiger partial charge in [0.2, 0.25) is 0 Å². The number of carboxylic acid groups (broad SMARTS) is 1. The lowest BCUT2D eigenvalue weighted by Gasteiger charge is -2.17. The number of aromatic carboxylic acids is 1. The highest BCUT2D eigenvalue weighted by Crippen LogP contribution is 2.27. The summed E-state index contributed by atoms with van der Waals surface area (Å²) in [5.74, 6) is -3.18. The van der Waals surface area contributed by atoms with Crippen molar-refractivity contribution in [3.05, 3.63) is 95.2 Å². The van der Waals surface area contributed by atoms with E-state index in [9.17, 15) is 29.4 Å². The van der Waals surface area contributed by atoms with E-state index in [2.05, 4.69) is 10.3 Å². The maximum atomic E-state index is 13.1. The Morgan fingerprint density at radius 2 is 1.62 bits per heavy atom. The lowest BCUT2D eigenvalue weighted by Crippen LogP contribution is -2.43. The highest BCUT2D eigenvalue weighted by atomic mass is 16.5. The quantitative estimate of drug-likeness (QED) is 0.291. The van der Waals surface area contributed by atoms with E-state index in [1.807, 2.05) is 0 Å². The number of phenols is 1. The first-order valence-corrected chi connectivity index (χ1v) is 11.7. The molecule has 10 nitrogen and oxygen atoms in total. The van der Waals surface area contributed by atoms with Gasteiger partial charge in [-0.1, -0.05) is 30.3 Å². The molecule has 0 spiro atoms. The van der Waals surface area contributed by atoms with E-state index < -0.39 is 29.9 Å². The summed E-state index contributed by atoms with van der Waals surface area (Å²) in [6, 6.07) is 17.8. The predicted octanol–water partition coefficient (Wildman–Crippen LogP) is 3.61. The molecule has 0 saturated heterocycles. The Balaban J connectivity index is 1.68. The minimum atomic E-state index is -1.27. The number of phenolic OH excluding ortho intramolecular Hbond substituents is 1. The molecule has 3 N–H and O–H groups in total. The smallest absolute Gasteiger partial charge is 0.337 e. The molecule has 1 aromatic heterocycles. The van der Waals surface area contributed by atoms with Crippen LogP contribution in [0.5, 0.6) is 5.75 Å². The van der Waals surface area contributed by atoms with Gasteiger partial charge in [0.1, 0.15) is 17.5 Å². The number of hydrogen-bond donors (Lipinski definition) is 3. The molecule has 0 unspecified atom stereocenters. The van der Waals surface area contributed by atoms with Gasteiger partial charge in [-0.3, -0.25) is 4.79 Å². The Bertz CT molecular complexity index is 1580. The number of rotatable bonds is 8. The summed E-state index contributed by atoms with van der Waals surface area (Å²) < 4.78 is 9.58. The number of fused-ring (bicyclic) bond motifs is 1. The van der Waals surface area contributed by atoms with Crippen LogP contribution in [0.3, 0.4) is 0 Å². The molecule has 4 aromatic rings. The fourth-order valence-corrected chi connectivity index (χ4v) is 4.08. The normalized spacial score (nSPS) is 11.4. The van der Waals surface area contributed by atoms with Gasteiger partial charge in [0, 0.05) is 11.8 Å². The Morgan fingerprint density at radius 1 is 0.897 bits per heavy atom. The SMILES string of the molecule is COC(=O)c1cccc(-c2ccc3nc(C(=O)N[C@@H](Cc4ccc(O)cc4)C(=O)OC)cc(C(=O)O)c3c2)c1. The monoisotopic (exact) mass is 528 g/mol. The van der Waals surface area contributed by atoms with Crippen molar-refractivity contribution in [1.29, 1.82) is 0 Å². The van der Waals surface area contributed by atoms with Crippen LogP contribution in [0.2, 0.25) is 0 Å². The average molecular weight is 529 g/mol. The van der Waals surface area contributed by atoms with Gasteiger partial charge in [-0.2, -0.15) is 0 Å². The molecule has 39 heavy (non-hydrogen) atoms. The van der Waals surface area contributed by atoms with Gasteiger partial charge in [-0.25, -0.2) is 19.4 Å². The number of ether oxygens (including phenoxy) is 2. The Hall–Kier alpha value is -5.25. The third kappa shape index (κ3) is 6.02. The van der Waals surface area contributed by atoms with Crippen molar-refractivity contribution in [2.24, 2.45) is 0 Å². The molecule has 0 fully saturated rings. The molecule has 1 atom stereocenters. The first-order valence-electron chi connectivity index (χ1n) is 11.7. The van der Waals surface area contributed by atoms with Crippen molar-refractivity contribution in [2.45, 2.75) is 12.5 Å². The number of nitrogens with one attached hydrogen (secondary N) is 1. The molecule has 198 valence electrons. The minimum Gasteiger partial charge on any atom is -0.508 e. The summed E-state index contributed by atoms with van der Waals surface area (Å²) in [7, 11) is 2.47. The number of amides is 1. The standard InChI is InChI=1S/C29H24N2O8/c1-38-28(36)19-5-3-4-17(13-19)18-8-11-23-21(14-18)22(27(34)35)15-24(30-23)26(33)31-25(29(37)39-2)12-16-6-9-20(32)10-7-16/h3-11,13-15,25,32H,12H2,1-2H3,(H,31,33)(H,34,35)/t25-/m0/s1.